The van der Waals surface area contributed by atoms with E-state index in [1.54, 1.807) is 38.5 Å². The van der Waals surface area contributed by atoms with Crippen LogP contribution in [0.3, 0.4) is 0 Å². The van der Waals surface area contributed by atoms with E-state index in [1.165, 1.54) is 0 Å². The summed E-state index contributed by atoms with van der Waals surface area (Å²) in [6, 6.07) is 12.3. The molecule has 0 aliphatic carbocycles. The normalized spacial score (nSPS) is 12.0. The van der Waals surface area contributed by atoms with Gasteiger partial charge in [-0.05, 0) is 55.7 Å². The summed E-state index contributed by atoms with van der Waals surface area (Å²) in [6.45, 7) is 5.65. The molecule has 0 spiro atoms. The van der Waals surface area contributed by atoms with E-state index in [9.17, 15) is 8.42 Å². The van der Waals surface area contributed by atoms with Crippen molar-refractivity contribution in [2.75, 3.05) is 14.2 Å². The van der Waals surface area contributed by atoms with Crippen LogP contribution in [-0.4, -0.2) is 22.6 Å². The molecule has 2 aromatic carbocycles. The maximum atomic E-state index is 12.7. The fourth-order valence-electron chi connectivity index (χ4n) is 2.58. The fraction of sp³-hybridized carbons (Fsp3) is 0.368. The van der Waals surface area contributed by atoms with E-state index in [4.69, 9.17) is 9.47 Å². The van der Waals surface area contributed by atoms with Crippen molar-refractivity contribution in [3.8, 4) is 11.5 Å². The number of ether oxygens (including phenoxy) is 2. The van der Waals surface area contributed by atoms with E-state index in [-0.39, 0.29) is 4.90 Å². The molecule has 0 aliphatic heterocycles. The third-order valence-electron chi connectivity index (χ3n) is 4.14. The standard InChI is InChI=1S/C19H25NO4S/c1-6-14-7-10-16(11-8-14)25(21,22)20-19(2,3)15-9-12-17(23-4)18(13-15)24-5/h7-13,20H,6H2,1-5H3. The molecule has 5 nitrogen and oxygen atoms in total. The molecule has 1 N–H and O–H groups in total. The fourth-order valence-corrected chi connectivity index (χ4v) is 3.98. The molecular formula is C19H25NO4S. The molecule has 0 atom stereocenters. The minimum atomic E-state index is -3.65. The third-order valence-corrected chi connectivity index (χ3v) is 5.81. The van der Waals surface area contributed by atoms with Gasteiger partial charge in [-0.1, -0.05) is 25.1 Å². The molecular weight excluding hydrogens is 338 g/mol. The van der Waals surface area contributed by atoms with E-state index < -0.39 is 15.6 Å². The third kappa shape index (κ3) is 4.32. The Hall–Kier alpha value is -2.05. The number of benzene rings is 2. The van der Waals surface area contributed by atoms with Crippen molar-refractivity contribution < 1.29 is 17.9 Å². The van der Waals surface area contributed by atoms with Crippen molar-refractivity contribution >= 4 is 10.0 Å². The van der Waals surface area contributed by atoms with Gasteiger partial charge in [-0.15, -0.1) is 0 Å². The molecule has 0 saturated heterocycles. The first-order chi connectivity index (χ1) is 11.7. The van der Waals surface area contributed by atoms with Gasteiger partial charge in [0.05, 0.1) is 24.7 Å². The highest BCUT2D eigenvalue weighted by atomic mass is 32.2. The van der Waals surface area contributed by atoms with Crippen molar-refractivity contribution in [2.45, 2.75) is 37.6 Å². The number of nitrogens with one attached hydrogen (secondary N) is 1. The Morgan fingerprint density at radius 2 is 1.56 bits per heavy atom. The highest BCUT2D eigenvalue weighted by Crippen LogP contribution is 2.32. The van der Waals surface area contributed by atoms with Crippen LogP contribution in [0.25, 0.3) is 0 Å². The smallest absolute Gasteiger partial charge is 0.241 e. The summed E-state index contributed by atoms with van der Waals surface area (Å²) in [5.74, 6) is 1.15. The Labute approximate surface area is 150 Å². The van der Waals surface area contributed by atoms with Crippen molar-refractivity contribution in [2.24, 2.45) is 0 Å². The maximum Gasteiger partial charge on any atom is 0.241 e. The van der Waals surface area contributed by atoms with Gasteiger partial charge < -0.3 is 9.47 Å². The predicted molar refractivity (Wildman–Crippen MR) is 98.7 cm³/mol. The molecule has 6 heteroatoms. The van der Waals surface area contributed by atoms with Crippen LogP contribution in [-0.2, 0) is 22.0 Å². The minimum absolute atomic E-state index is 0.248. The summed E-state index contributed by atoms with van der Waals surface area (Å²) in [7, 11) is -0.538. The average Bonchev–Trinajstić information content (AvgIpc) is 2.60. The van der Waals surface area contributed by atoms with Gasteiger partial charge in [-0.3, -0.25) is 0 Å². The molecule has 136 valence electrons. The molecule has 0 aromatic heterocycles. The number of aryl methyl sites for hydroxylation is 1. The Balaban J connectivity index is 2.32. The van der Waals surface area contributed by atoms with Gasteiger partial charge in [0.1, 0.15) is 0 Å². The van der Waals surface area contributed by atoms with E-state index in [2.05, 4.69) is 4.72 Å². The van der Waals surface area contributed by atoms with Gasteiger partial charge >= 0.3 is 0 Å². The van der Waals surface area contributed by atoms with Gasteiger partial charge in [-0.2, -0.15) is 0 Å². The second-order valence-electron chi connectivity index (χ2n) is 6.30. The van der Waals surface area contributed by atoms with Crippen LogP contribution in [0.5, 0.6) is 11.5 Å². The van der Waals surface area contributed by atoms with E-state index in [0.717, 1.165) is 17.5 Å². The molecule has 0 bridgehead atoms. The largest absolute Gasteiger partial charge is 0.493 e. The second-order valence-corrected chi connectivity index (χ2v) is 7.98. The summed E-state index contributed by atoms with van der Waals surface area (Å²) in [6.07, 6.45) is 0.866. The molecule has 0 amide bonds. The lowest BCUT2D eigenvalue weighted by molar-refractivity contribution is 0.352. The van der Waals surface area contributed by atoms with Gasteiger partial charge in [0.2, 0.25) is 10.0 Å². The van der Waals surface area contributed by atoms with E-state index in [0.29, 0.717) is 11.5 Å². The zero-order chi connectivity index (χ0) is 18.7. The summed E-state index contributed by atoms with van der Waals surface area (Å²) >= 11 is 0. The summed E-state index contributed by atoms with van der Waals surface area (Å²) in [4.78, 5) is 0.248. The van der Waals surface area contributed by atoms with Crippen LogP contribution >= 0.6 is 0 Å². The second kappa shape index (κ2) is 7.45. The lowest BCUT2D eigenvalue weighted by Gasteiger charge is -2.27. The van der Waals surface area contributed by atoms with Gasteiger partial charge in [0.25, 0.3) is 0 Å². The van der Waals surface area contributed by atoms with Gasteiger partial charge in [0, 0.05) is 0 Å². The van der Waals surface area contributed by atoms with E-state index >= 15 is 0 Å². The minimum Gasteiger partial charge on any atom is -0.493 e. The zero-order valence-electron chi connectivity index (χ0n) is 15.3. The molecule has 0 radical (unpaired) electrons. The first-order valence-electron chi connectivity index (χ1n) is 8.09. The summed E-state index contributed by atoms with van der Waals surface area (Å²) in [5, 5.41) is 0. The lowest BCUT2D eigenvalue weighted by atomic mass is 9.95. The summed E-state index contributed by atoms with van der Waals surface area (Å²) in [5.41, 5.74) is 1.05. The number of hydrogen-bond donors (Lipinski definition) is 1. The molecule has 0 heterocycles. The molecule has 0 unspecified atom stereocenters. The summed E-state index contributed by atoms with van der Waals surface area (Å²) < 4.78 is 38.8. The van der Waals surface area contributed by atoms with Crippen LogP contribution < -0.4 is 14.2 Å². The zero-order valence-corrected chi connectivity index (χ0v) is 16.1. The van der Waals surface area contributed by atoms with Crippen LogP contribution in [0.15, 0.2) is 47.4 Å². The Bertz CT molecular complexity index is 827. The maximum absolute atomic E-state index is 12.7. The van der Waals surface area contributed by atoms with Crippen LogP contribution in [0.2, 0.25) is 0 Å². The van der Waals surface area contributed by atoms with Crippen LogP contribution in [0.1, 0.15) is 31.9 Å². The first-order valence-corrected chi connectivity index (χ1v) is 9.57. The number of rotatable bonds is 7. The molecule has 0 saturated carbocycles. The number of sulfonamides is 1. The lowest BCUT2D eigenvalue weighted by Crippen LogP contribution is -2.40. The van der Waals surface area contributed by atoms with Gasteiger partial charge in [0.15, 0.2) is 11.5 Å². The average molecular weight is 363 g/mol. The topological polar surface area (TPSA) is 64.6 Å². The number of methoxy groups -OCH3 is 2. The van der Waals surface area contributed by atoms with Crippen molar-refractivity contribution in [3.05, 3.63) is 53.6 Å². The molecule has 2 aromatic rings. The molecule has 0 fully saturated rings. The molecule has 0 aliphatic rings. The molecule has 2 rings (SSSR count). The first kappa shape index (κ1) is 19.3. The highest BCUT2D eigenvalue weighted by molar-refractivity contribution is 7.89. The monoisotopic (exact) mass is 363 g/mol. The van der Waals surface area contributed by atoms with Gasteiger partial charge in [-0.25, -0.2) is 13.1 Å². The SMILES string of the molecule is CCc1ccc(S(=O)(=O)NC(C)(C)c2ccc(OC)c(OC)c2)cc1. The number of hydrogen-bond acceptors (Lipinski definition) is 4. The van der Waals surface area contributed by atoms with Crippen LogP contribution in [0, 0.1) is 0 Å². The van der Waals surface area contributed by atoms with Crippen LogP contribution in [0.4, 0.5) is 0 Å². The Morgan fingerprint density at radius 1 is 0.960 bits per heavy atom. The van der Waals surface area contributed by atoms with E-state index in [1.807, 2.05) is 39.0 Å². The van der Waals surface area contributed by atoms with Crippen molar-refractivity contribution in [3.63, 3.8) is 0 Å². The highest BCUT2D eigenvalue weighted by Gasteiger charge is 2.28. The quantitative estimate of drug-likeness (QED) is 0.818. The Morgan fingerprint density at radius 3 is 2.08 bits per heavy atom. The Kier molecular flexibility index (Phi) is 5.75. The van der Waals surface area contributed by atoms with Crippen molar-refractivity contribution in [1.82, 2.24) is 4.72 Å². The van der Waals surface area contributed by atoms with Crippen molar-refractivity contribution in [1.29, 1.82) is 0 Å². The molecule has 25 heavy (non-hydrogen) atoms. The predicted octanol–water partition coefficient (Wildman–Crippen LogP) is 3.48.